The van der Waals surface area contributed by atoms with Gasteiger partial charge in [0.05, 0.1) is 5.69 Å². The number of aryl methyl sites for hydroxylation is 2. The van der Waals surface area contributed by atoms with Crippen molar-refractivity contribution in [3.63, 3.8) is 0 Å². The predicted molar refractivity (Wildman–Crippen MR) is 110 cm³/mol. The van der Waals surface area contributed by atoms with E-state index in [1.165, 1.54) is 12.1 Å². The largest absolute Gasteiger partial charge is 0.439 e. The Balaban J connectivity index is 1.53. The van der Waals surface area contributed by atoms with Gasteiger partial charge in [-0.25, -0.2) is 9.37 Å². The van der Waals surface area contributed by atoms with Crippen molar-refractivity contribution in [2.45, 2.75) is 26.9 Å². The number of hydrogen-bond donors (Lipinski definition) is 2. The summed E-state index contributed by atoms with van der Waals surface area (Å²) in [5.41, 5.74) is 4.26. The zero-order chi connectivity index (χ0) is 20.8. The lowest BCUT2D eigenvalue weighted by Crippen LogP contribution is -2.36. The number of rotatable bonds is 6. The van der Waals surface area contributed by atoms with Crippen LogP contribution in [0, 0.1) is 19.7 Å². The zero-order valence-electron chi connectivity index (χ0n) is 17.0. The molecule has 7 nitrogen and oxygen atoms in total. The van der Waals surface area contributed by atoms with Crippen LogP contribution in [0.1, 0.15) is 22.5 Å². The quantitative estimate of drug-likeness (QED) is 0.494. The Morgan fingerprint density at radius 1 is 1.17 bits per heavy atom. The van der Waals surface area contributed by atoms with Crippen LogP contribution in [0.4, 0.5) is 4.39 Å². The van der Waals surface area contributed by atoms with Crippen LogP contribution >= 0.6 is 0 Å². The Kier molecular flexibility index (Phi) is 6.43. The van der Waals surface area contributed by atoms with Crippen molar-refractivity contribution in [3.8, 4) is 11.6 Å². The molecular formula is C21H25FN6O. The van der Waals surface area contributed by atoms with E-state index in [4.69, 9.17) is 4.74 Å². The topological polar surface area (TPSA) is 76.4 Å². The van der Waals surface area contributed by atoms with Crippen LogP contribution in [0.5, 0.6) is 11.6 Å². The van der Waals surface area contributed by atoms with Crippen LogP contribution < -0.4 is 15.4 Å². The third-order valence-corrected chi connectivity index (χ3v) is 4.59. The third kappa shape index (κ3) is 5.31. The van der Waals surface area contributed by atoms with Gasteiger partial charge in [-0.2, -0.15) is 5.10 Å². The first-order valence-corrected chi connectivity index (χ1v) is 9.28. The summed E-state index contributed by atoms with van der Waals surface area (Å²) in [4.78, 5) is 8.52. The van der Waals surface area contributed by atoms with Crippen molar-refractivity contribution >= 4 is 5.96 Å². The molecule has 0 spiro atoms. The first-order chi connectivity index (χ1) is 14.0. The summed E-state index contributed by atoms with van der Waals surface area (Å²) in [6.45, 7) is 5.24. The lowest BCUT2D eigenvalue weighted by Gasteiger charge is -2.12. The molecule has 0 fully saturated rings. The van der Waals surface area contributed by atoms with Crippen molar-refractivity contribution in [2.75, 3.05) is 7.05 Å². The second-order valence-corrected chi connectivity index (χ2v) is 6.62. The Bertz CT molecular complexity index is 997. The smallest absolute Gasteiger partial charge is 0.219 e. The molecule has 2 heterocycles. The summed E-state index contributed by atoms with van der Waals surface area (Å²) in [7, 11) is 3.67. The number of hydrogen-bond acceptors (Lipinski definition) is 4. The van der Waals surface area contributed by atoms with Gasteiger partial charge in [-0.3, -0.25) is 9.67 Å². The van der Waals surface area contributed by atoms with E-state index in [0.717, 1.165) is 22.5 Å². The SMILES string of the molecule is CN=C(NCc1ccc(Oc2cccc(F)c2)nc1)NCc1c(C)nn(C)c1C. The molecule has 0 bridgehead atoms. The van der Waals surface area contributed by atoms with Gasteiger partial charge in [0.15, 0.2) is 5.96 Å². The van der Waals surface area contributed by atoms with Gasteiger partial charge >= 0.3 is 0 Å². The van der Waals surface area contributed by atoms with Gasteiger partial charge in [0, 0.05) is 56.8 Å². The number of halogens is 1. The van der Waals surface area contributed by atoms with Crippen molar-refractivity contribution in [1.82, 2.24) is 25.4 Å². The Morgan fingerprint density at radius 2 is 1.97 bits per heavy atom. The molecule has 3 aromatic rings. The Labute approximate surface area is 169 Å². The van der Waals surface area contributed by atoms with Crippen LogP contribution in [-0.2, 0) is 20.1 Å². The van der Waals surface area contributed by atoms with E-state index in [-0.39, 0.29) is 5.82 Å². The molecular weight excluding hydrogens is 371 g/mol. The number of aromatic nitrogens is 3. The minimum Gasteiger partial charge on any atom is -0.439 e. The van der Waals surface area contributed by atoms with E-state index in [2.05, 4.69) is 25.7 Å². The maximum atomic E-state index is 13.2. The summed E-state index contributed by atoms with van der Waals surface area (Å²) in [6.07, 6.45) is 1.71. The lowest BCUT2D eigenvalue weighted by atomic mass is 10.2. The molecule has 152 valence electrons. The molecule has 0 aliphatic heterocycles. The second kappa shape index (κ2) is 9.18. The number of nitrogens with zero attached hydrogens (tertiary/aromatic N) is 4. The fourth-order valence-electron chi connectivity index (χ4n) is 2.88. The highest BCUT2D eigenvalue weighted by Gasteiger charge is 2.10. The lowest BCUT2D eigenvalue weighted by molar-refractivity contribution is 0.457. The zero-order valence-corrected chi connectivity index (χ0v) is 17.0. The number of pyridine rings is 1. The van der Waals surface area contributed by atoms with Gasteiger partial charge in [-0.15, -0.1) is 0 Å². The van der Waals surface area contributed by atoms with Gasteiger partial charge in [0.2, 0.25) is 5.88 Å². The highest BCUT2D eigenvalue weighted by molar-refractivity contribution is 5.79. The van der Waals surface area contributed by atoms with Crippen LogP contribution in [-0.4, -0.2) is 27.8 Å². The summed E-state index contributed by atoms with van der Waals surface area (Å²) < 4.78 is 20.7. The third-order valence-electron chi connectivity index (χ3n) is 4.59. The standard InChI is InChI=1S/C21H25FN6O/c1-14-19(15(2)28(4)27-14)13-26-21(23-3)25-12-16-8-9-20(24-11-16)29-18-7-5-6-17(22)10-18/h5-11H,12-13H2,1-4H3,(H2,23,25,26). The van der Waals surface area contributed by atoms with E-state index in [9.17, 15) is 4.39 Å². The fourth-order valence-corrected chi connectivity index (χ4v) is 2.88. The normalized spacial score (nSPS) is 11.4. The highest BCUT2D eigenvalue weighted by atomic mass is 19.1. The summed E-state index contributed by atoms with van der Waals surface area (Å²) >= 11 is 0. The van der Waals surface area contributed by atoms with E-state index in [0.29, 0.717) is 30.7 Å². The average molecular weight is 396 g/mol. The van der Waals surface area contributed by atoms with Crippen LogP contribution in [0.3, 0.4) is 0 Å². The molecule has 3 rings (SSSR count). The molecule has 0 aliphatic carbocycles. The number of benzene rings is 1. The molecule has 2 aromatic heterocycles. The number of ether oxygens (including phenoxy) is 1. The van der Waals surface area contributed by atoms with E-state index in [1.807, 2.05) is 31.6 Å². The Hall–Kier alpha value is -3.42. The van der Waals surface area contributed by atoms with Gasteiger partial charge < -0.3 is 15.4 Å². The van der Waals surface area contributed by atoms with Crippen molar-refractivity contribution in [1.29, 1.82) is 0 Å². The predicted octanol–water partition coefficient (Wildman–Crippen LogP) is 3.23. The Morgan fingerprint density at radius 3 is 2.59 bits per heavy atom. The second-order valence-electron chi connectivity index (χ2n) is 6.62. The molecule has 2 N–H and O–H groups in total. The molecule has 0 aliphatic rings. The van der Waals surface area contributed by atoms with Gasteiger partial charge in [-0.1, -0.05) is 12.1 Å². The maximum absolute atomic E-state index is 13.2. The molecule has 0 saturated heterocycles. The maximum Gasteiger partial charge on any atom is 0.219 e. The number of nitrogens with one attached hydrogen (secondary N) is 2. The van der Waals surface area contributed by atoms with Crippen LogP contribution in [0.2, 0.25) is 0 Å². The van der Waals surface area contributed by atoms with Gasteiger partial charge in [-0.05, 0) is 31.5 Å². The molecule has 0 amide bonds. The molecule has 8 heteroatoms. The minimum atomic E-state index is -0.348. The van der Waals surface area contributed by atoms with Crippen molar-refractivity contribution in [3.05, 3.63) is 70.9 Å². The molecule has 0 unspecified atom stereocenters. The van der Waals surface area contributed by atoms with Crippen LogP contribution in [0.15, 0.2) is 47.6 Å². The molecule has 0 radical (unpaired) electrons. The number of aliphatic imine (C=N–C) groups is 1. The molecule has 0 saturated carbocycles. The number of guanidine groups is 1. The first kappa shape index (κ1) is 20.3. The van der Waals surface area contributed by atoms with E-state index >= 15 is 0 Å². The summed E-state index contributed by atoms with van der Waals surface area (Å²) in [6, 6.07) is 9.61. The van der Waals surface area contributed by atoms with E-state index in [1.54, 1.807) is 31.4 Å². The highest BCUT2D eigenvalue weighted by Crippen LogP contribution is 2.20. The van der Waals surface area contributed by atoms with Crippen LogP contribution in [0.25, 0.3) is 0 Å². The van der Waals surface area contributed by atoms with Gasteiger partial charge in [0.1, 0.15) is 11.6 Å². The minimum absolute atomic E-state index is 0.348. The van der Waals surface area contributed by atoms with E-state index < -0.39 is 0 Å². The summed E-state index contributed by atoms with van der Waals surface area (Å²) in [5.74, 6) is 1.16. The molecule has 29 heavy (non-hydrogen) atoms. The monoisotopic (exact) mass is 396 g/mol. The molecule has 1 aromatic carbocycles. The van der Waals surface area contributed by atoms with Crippen molar-refractivity contribution in [2.24, 2.45) is 12.0 Å². The van der Waals surface area contributed by atoms with Gasteiger partial charge in [0.25, 0.3) is 0 Å². The van der Waals surface area contributed by atoms with Crippen molar-refractivity contribution < 1.29 is 9.13 Å². The first-order valence-electron chi connectivity index (χ1n) is 9.28. The summed E-state index contributed by atoms with van der Waals surface area (Å²) in [5, 5.41) is 11.0. The fraction of sp³-hybridized carbons (Fsp3) is 0.286. The molecule has 0 atom stereocenters. The average Bonchev–Trinajstić information content (AvgIpc) is 2.95.